The standard InChI is InChI=1S/C13H19N3OS/c1-9(2)12-15-13(18-16-12)14-10(3)6-7-11-5-4-8-17-11/h4-5,8-10H,6-7H2,1-3H3,(H,14,15,16). The van der Waals surface area contributed by atoms with Gasteiger partial charge in [-0.25, -0.2) is 4.98 Å². The zero-order chi connectivity index (χ0) is 13.0. The highest BCUT2D eigenvalue weighted by Gasteiger charge is 2.10. The van der Waals surface area contributed by atoms with Crippen molar-refractivity contribution in [3.8, 4) is 0 Å². The number of rotatable bonds is 6. The summed E-state index contributed by atoms with van der Waals surface area (Å²) in [4.78, 5) is 4.47. The van der Waals surface area contributed by atoms with Gasteiger partial charge in [-0.15, -0.1) is 0 Å². The van der Waals surface area contributed by atoms with Crippen LogP contribution in [-0.2, 0) is 6.42 Å². The molecule has 18 heavy (non-hydrogen) atoms. The van der Waals surface area contributed by atoms with Crippen LogP contribution in [0.2, 0.25) is 0 Å². The lowest BCUT2D eigenvalue weighted by atomic mass is 10.1. The molecular weight excluding hydrogens is 246 g/mol. The van der Waals surface area contributed by atoms with Crippen molar-refractivity contribution in [1.82, 2.24) is 9.36 Å². The number of hydrogen-bond donors (Lipinski definition) is 1. The summed E-state index contributed by atoms with van der Waals surface area (Å²) in [6.45, 7) is 6.36. The molecule has 2 rings (SSSR count). The molecule has 0 aliphatic rings. The second-order valence-corrected chi connectivity index (χ2v) is 5.53. The number of aromatic nitrogens is 2. The van der Waals surface area contributed by atoms with E-state index in [1.54, 1.807) is 6.26 Å². The number of hydrogen-bond acceptors (Lipinski definition) is 5. The van der Waals surface area contributed by atoms with Crippen LogP contribution in [0.1, 0.15) is 44.7 Å². The lowest BCUT2D eigenvalue weighted by molar-refractivity contribution is 0.495. The molecule has 1 N–H and O–H groups in total. The van der Waals surface area contributed by atoms with Crippen molar-refractivity contribution in [3.05, 3.63) is 30.0 Å². The Labute approximate surface area is 112 Å². The predicted molar refractivity (Wildman–Crippen MR) is 74.1 cm³/mol. The maximum atomic E-state index is 5.32. The fourth-order valence-electron chi connectivity index (χ4n) is 1.62. The summed E-state index contributed by atoms with van der Waals surface area (Å²) in [5.74, 6) is 2.33. The second kappa shape index (κ2) is 6.00. The van der Waals surface area contributed by atoms with Crippen LogP contribution in [0.25, 0.3) is 0 Å². The first kappa shape index (κ1) is 13.1. The number of nitrogens with one attached hydrogen (secondary N) is 1. The summed E-state index contributed by atoms with van der Waals surface area (Å²) in [7, 11) is 0. The van der Waals surface area contributed by atoms with Crippen LogP contribution in [0.4, 0.5) is 5.13 Å². The molecule has 2 aromatic heterocycles. The lowest BCUT2D eigenvalue weighted by Gasteiger charge is -2.11. The predicted octanol–water partition coefficient (Wildman–Crippen LogP) is 3.69. The number of anilines is 1. The van der Waals surface area contributed by atoms with E-state index in [2.05, 4.69) is 35.4 Å². The molecule has 4 nitrogen and oxygen atoms in total. The first-order chi connectivity index (χ1) is 8.65. The number of nitrogens with zero attached hydrogens (tertiary/aromatic N) is 2. The van der Waals surface area contributed by atoms with E-state index < -0.39 is 0 Å². The number of furan rings is 1. The molecule has 0 amide bonds. The largest absolute Gasteiger partial charge is 0.469 e. The molecule has 0 saturated heterocycles. The maximum Gasteiger partial charge on any atom is 0.202 e. The summed E-state index contributed by atoms with van der Waals surface area (Å²) in [6, 6.07) is 4.30. The topological polar surface area (TPSA) is 51.0 Å². The van der Waals surface area contributed by atoms with Crippen LogP contribution in [0, 0.1) is 0 Å². The Bertz CT molecular complexity index is 464. The van der Waals surface area contributed by atoms with Crippen LogP contribution in [0.3, 0.4) is 0 Å². The van der Waals surface area contributed by atoms with Gasteiger partial charge in [0.05, 0.1) is 6.26 Å². The molecule has 0 bridgehead atoms. The van der Waals surface area contributed by atoms with E-state index in [4.69, 9.17) is 4.42 Å². The molecule has 0 spiro atoms. The number of aryl methyl sites for hydroxylation is 1. The Morgan fingerprint density at radius 1 is 1.39 bits per heavy atom. The van der Waals surface area contributed by atoms with Crippen LogP contribution in [0.5, 0.6) is 0 Å². The van der Waals surface area contributed by atoms with Gasteiger partial charge in [-0.1, -0.05) is 13.8 Å². The third-order valence-corrected chi connectivity index (χ3v) is 3.39. The summed E-state index contributed by atoms with van der Waals surface area (Å²) >= 11 is 1.43. The van der Waals surface area contributed by atoms with E-state index in [0.29, 0.717) is 12.0 Å². The molecule has 0 aromatic carbocycles. The van der Waals surface area contributed by atoms with Crippen molar-refractivity contribution in [3.63, 3.8) is 0 Å². The molecule has 2 aromatic rings. The molecule has 0 aliphatic heterocycles. The quantitative estimate of drug-likeness (QED) is 0.865. The van der Waals surface area contributed by atoms with E-state index in [9.17, 15) is 0 Å². The minimum absolute atomic E-state index is 0.364. The first-order valence-corrected chi connectivity index (χ1v) is 7.05. The second-order valence-electron chi connectivity index (χ2n) is 4.78. The lowest BCUT2D eigenvalue weighted by Crippen LogP contribution is -2.15. The molecular formula is C13H19N3OS. The highest BCUT2D eigenvalue weighted by atomic mass is 32.1. The van der Waals surface area contributed by atoms with Crippen LogP contribution < -0.4 is 5.32 Å². The van der Waals surface area contributed by atoms with Crippen LogP contribution in [0.15, 0.2) is 22.8 Å². The van der Waals surface area contributed by atoms with Crippen LogP contribution >= 0.6 is 11.5 Å². The van der Waals surface area contributed by atoms with Crippen molar-refractivity contribution in [2.24, 2.45) is 0 Å². The van der Waals surface area contributed by atoms with E-state index in [-0.39, 0.29) is 0 Å². The molecule has 0 fully saturated rings. The van der Waals surface area contributed by atoms with E-state index in [0.717, 1.165) is 29.6 Å². The Morgan fingerprint density at radius 3 is 2.83 bits per heavy atom. The summed E-state index contributed by atoms with van der Waals surface area (Å²) in [5, 5.41) is 4.29. The van der Waals surface area contributed by atoms with E-state index >= 15 is 0 Å². The van der Waals surface area contributed by atoms with Gasteiger partial charge in [0, 0.05) is 29.9 Å². The molecule has 1 atom stereocenters. The summed E-state index contributed by atoms with van der Waals surface area (Å²) < 4.78 is 9.64. The van der Waals surface area contributed by atoms with Gasteiger partial charge in [0.15, 0.2) is 0 Å². The third kappa shape index (κ3) is 3.57. The Kier molecular flexibility index (Phi) is 4.36. The van der Waals surface area contributed by atoms with Crippen molar-refractivity contribution in [2.75, 3.05) is 5.32 Å². The van der Waals surface area contributed by atoms with Crippen molar-refractivity contribution < 1.29 is 4.42 Å². The molecule has 5 heteroatoms. The third-order valence-electron chi connectivity index (χ3n) is 2.73. The Balaban J connectivity index is 1.81. The van der Waals surface area contributed by atoms with E-state index in [1.807, 2.05) is 12.1 Å². The van der Waals surface area contributed by atoms with Crippen molar-refractivity contribution in [2.45, 2.75) is 45.6 Å². The maximum absolute atomic E-state index is 5.32. The normalized spacial score (nSPS) is 12.9. The average molecular weight is 265 g/mol. The Hall–Kier alpha value is -1.36. The molecule has 1 unspecified atom stereocenters. The van der Waals surface area contributed by atoms with Gasteiger partial charge < -0.3 is 9.73 Å². The smallest absolute Gasteiger partial charge is 0.202 e. The molecule has 2 heterocycles. The Morgan fingerprint density at radius 2 is 2.22 bits per heavy atom. The van der Waals surface area contributed by atoms with Gasteiger partial charge >= 0.3 is 0 Å². The fourth-order valence-corrected chi connectivity index (χ4v) is 2.44. The summed E-state index contributed by atoms with van der Waals surface area (Å²) in [6.07, 6.45) is 3.67. The molecule has 0 radical (unpaired) electrons. The highest BCUT2D eigenvalue weighted by Crippen LogP contribution is 2.19. The fraction of sp³-hybridized carbons (Fsp3) is 0.538. The monoisotopic (exact) mass is 265 g/mol. The van der Waals surface area contributed by atoms with Gasteiger partial charge in [0.1, 0.15) is 11.6 Å². The average Bonchev–Trinajstić information content (AvgIpc) is 2.96. The van der Waals surface area contributed by atoms with Gasteiger partial charge in [0.25, 0.3) is 0 Å². The summed E-state index contributed by atoms with van der Waals surface area (Å²) in [5.41, 5.74) is 0. The SMILES string of the molecule is CC(CCc1ccco1)Nc1nc(C(C)C)ns1. The molecule has 98 valence electrons. The minimum Gasteiger partial charge on any atom is -0.469 e. The molecule has 0 saturated carbocycles. The van der Waals surface area contributed by atoms with Gasteiger partial charge in [-0.2, -0.15) is 4.37 Å². The minimum atomic E-state index is 0.364. The van der Waals surface area contributed by atoms with Crippen LogP contribution in [-0.4, -0.2) is 15.4 Å². The zero-order valence-electron chi connectivity index (χ0n) is 11.0. The van der Waals surface area contributed by atoms with Crippen molar-refractivity contribution in [1.29, 1.82) is 0 Å². The first-order valence-electron chi connectivity index (χ1n) is 6.27. The zero-order valence-corrected chi connectivity index (χ0v) is 11.8. The van der Waals surface area contributed by atoms with Gasteiger partial charge in [-0.3, -0.25) is 0 Å². The van der Waals surface area contributed by atoms with Crippen molar-refractivity contribution >= 4 is 16.7 Å². The molecule has 0 aliphatic carbocycles. The van der Waals surface area contributed by atoms with E-state index in [1.165, 1.54) is 11.5 Å². The van der Waals surface area contributed by atoms with Gasteiger partial charge in [-0.05, 0) is 25.5 Å². The highest BCUT2D eigenvalue weighted by molar-refractivity contribution is 7.09. The van der Waals surface area contributed by atoms with Gasteiger partial charge in [0.2, 0.25) is 5.13 Å².